The van der Waals surface area contributed by atoms with Crippen LogP contribution in [-0.4, -0.2) is 64.2 Å². The highest BCUT2D eigenvalue weighted by Gasteiger charge is 2.33. The zero-order valence-corrected chi connectivity index (χ0v) is 19.1. The number of hydrogen-bond donors (Lipinski definition) is 1. The van der Waals surface area contributed by atoms with Gasteiger partial charge in [0.1, 0.15) is 10.7 Å². The van der Waals surface area contributed by atoms with Gasteiger partial charge in [-0.15, -0.1) is 0 Å². The van der Waals surface area contributed by atoms with Crippen LogP contribution in [0.5, 0.6) is 0 Å². The van der Waals surface area contributed by atoms with E-state index >= 15 is 0 Å². The zero-order chi connectivity index (χ0) is 23.1. The van der Waals surface area contributed by atoms with Gasteiger partial charge >= 0.3 is 0 Å². The van der Waals surface area contributed by atoms with Crippen molar-refractivity contribution in [3.8, 4) is 0 Å². The number of sulfonamides is 2. The predicted molar refractivity (Wildman–Crippen MR) is 116 cm³/mol. The topological polar surface area (TPSA) is 104 Å². The third-order valence-corrected chi connectivity index (χ3v) is 9.08. The number of nitrogens with zero attached hydrogens (tertiary/aromatic N) is 2. The molecule has 0 bridgehead atoms. The smallest absolute Gasteiger partial charge is 0.254 e. The van der Waals surface area contributed by atoms with Crippen molar-refractivity contribution >= 4 is 26.0 Å². The largest absolute Gasteiger partial charge is 0.336 e. The Morgan fingerprint density at radius 1 is 1.00 bits per heavy atom. The minimum atomic E-state index is -4.01. The fraction of sp³-hybridized carbons (Fsp3) is 0.381. The Balaban J connectivity index is 1.49. The Hall–Kier alpha value is -2.34. The Morgan fingerprint density at radius 2 is 1.66 bits per heavy atom. The molecule has 2 aromatic carbocycles. The molecule has 0 atom stereocenters. The number of carbonyl (C=O) groups excluding carboxylic acids is 1. The molecule has 1 aliphatic carbocycles. The van der Waals surface area contributed by atoms with E-state index in [1.807, 2.05) is 0 Å². The van der Waals surface area contributed by atoms with Crippen LogP contribution in [0.15, 0.2) is 52.3 Å². The van der Waals surface area contributed by atoms with Crippen molar-refractivity contribution in [2.75, 3.05) is 26.2 Å². The Morgan fingerprint density at radius 3 is 2.28 bits per heavy atom. The summed E-state index contributed by atoms with van der Waals surface area (Å²) < 4.78 is 68.3. The van der Waals surface area contributed by atoms with E-state index in [1.54, 1.807) is 13.0 Å². The van der Waals surface area contributed by atoms with Crippen molar-refractivity contribution in [2.45, 2.75) is 35.6 Å². The minimum absolute atomic E-state index is 0.0165. The van der Waals surface area contributed by atoms with E-state index in [1.165, 1.54) is 35.2 Å². The number of carbonyl (C=O) groups is 1. The van der Waals surface area contributed by atoms with Gasteiger partial charge in [0, 0.05) is 37.8 Å². The number of rotatable bonds is 6. The van der Waals surface area contributed by atoms with E-state index in [9.17, 15) is 26.0 Å². The van der Waals surface area contributed by atoms with E-state index in [4.69, 9.17) is 0 Å². The van der Waals surface area contributed by atoms with Crippen molar-refractivity contribution in [3.63, 3.8) is 0 Å². The maximum atomic E-state index is 14.0. The molecule has 0 spiro atoms. The van der Waals surface area contributed by atoms with E-state index < -0.39 is 30.8 Å². The molecule has 8 nitrogen and oxygen atoms in total. The van der Waals surface area contributed by atoms with E-state index in [0.29, 0.717) is 5.56 Å². The van der Waals surface area contributed by atoms with Crippen LogP contribution >= 0.6 is 0 Å². The predicted octanol–water partition coefficient (Wildman–Crippen LogP) is 1.72. The lowest BCUT2D eigenvalue weighted by molar-refractivity contribution is 0.0696. The molecular weight excluding hydrogens is 457 g/mol. The van der Waals surface area contributed by atoms with Crippen molar-refractivity contribution in [1.82, 2.24) is 13.9 Å². The molecule has 1 amide bonds. The van der Waals surface area contributed by atoms with E-state index in [-0.39, 0.29) is 48.6 Å². The lowest BCUT2D eigenvalue weighted by Crippen LogP contribution is -2.50. The number of aryl methyl sites for hydroxylation is 1. The average Bonchev–Trinajstić information content (AvgIpc) is 3.57. The highest BCUT2D eigenvalue weighted by Crippen LogP contribution is 2.25. The first-order chi connectivity index (χ1) is 15.1. The van der Waals surface area contributed by atoms with Gasteiger partial charge in [-0.1, -0.05) is 18.2 Å². The van der Waals surface area contributed by atoms with Crippen molar-refractivity contribution in [1.29, 1.82) is 0 Å². The number of hydrogen-bond acceptors (Lipinski definition) is 5. The van der Waals surface area contributed by atoms with Gasteiger partial charge in [-0.25, -0.2) is 25.9 Å². The summed E-state index contributed by atoms with van der Waals surface area (Å²) in [4.78, 5) is 14.2. The molecule has 2 fully saturated rings. The lowest BCUT2D eigenvalue weighted by Gasteiger charge is -2.34. The van der Waals surface area contributed by atoms with Gasteiger partial charge < -0.3 is 4.90 Å². The summed E-state index contributed by atoms with van der Waals surface area (Å²) >= 11 is 0. The average molecular weight is 482 g/mol. The second-order valence-electron chi connectivity index (χ2n) is 8.00. The van der Waals surface area contributed by atoms with Crippen molar-refractivity contribution in [3.05, 3.63) is 59.4 Å². The van der Waals surface area contributed by atoms with Crippen LogP contribution in [0.3, 0.4) is 0 Å². The number of benzene rings is 2. The van der Waals surface area contributed by atoms with Crippen LogP contribution in [0.2, 0.25) is 0 Å². The molecule has 1 aliphatic heterocycles. The molecule has 0 unspecified atom stereocenters. The molecule has 32 heavy (non-hydrogen) atoms. The summed E-state index contributed by atoms with van der Waals surface area (Å²) in [5.41, 5.74) is 0.885. The summed E-state index contributed by atoms with van der Waals surface area (Å²) in [5.74, 6) is -1.19. The minimum Gasteiger partial charge on any atom is -0.336 e. The van der Waals surface area contributed by atoms with Gasteiger partial charge in [0.05, 0.1) is 4.90 Å². The highest BCUT2D eigenvalue weighted by molar-refractivity contribution is 7.89. The first-order valence-electron chi connectivity index (χ1n) is 10.3. The maximum Gasteiger partial charge on any atom is 0.254 e. The summed E-state index contributed by atoms with van der Waals surface area (Å²) in [7, 11) is -7.72. The van der Waals surface area contributed by atoms with Crippen molar-refractivity contribution < 1.29 is 26.0 Å². The molecule has 1 heterocycles. The third kappa shape index (κ3) is 4.56. The van der Waals surface area contributed by atoms with Crippen LogP contribution in [0, 0.1) is 12.7 Å². The second kappa shape index (κ2) is 8.54. The summed E-state index contributed by atoms with van der Waals surface area (Å²) in [6.07, 6.45) is 1.61. The highest BCUT2D eigenvalue weighted by atomic mass is 32.2. The number of halogens is 1. The quantitative estimate of drug-likeness (QED) is 0.677. The van der Waals surface area contributed by atoms with Gasteiger partial charge in [-0.05, 0) is 49.6 Å². The van der Waals surface area contributed by atoms with Crippen LogP contribution < -0.4 is 4.72 Å². The summed E-state index contributed by atoms with van der Waals surface area (Å²) in [6.45, 7) is 1.98. The molecule has 172 valence electrons. The van der Waals surface area contributed by atoms with E-state index in [2.05, 4.69) is 4.72 Å². The molecule has 4 rings (SSSR count). The summed E-state index contributed by atoms with van der Waals surface area (Å²) in [5, 5.41) is 0. The lowest BCUT2D eigenvalue weighted by atomic mass is 10.1. The van der Waals surface area contributed by atoms with Crippen LogP contribution in [0.4, 0.5) is 4.39 Å². The van der Waals surface area contributed by atoms with Crippen LogP contribution in [-0.2, 0) is 20.0 Å². The molecule has 1 N–H and O–H groups in total. The standard InChI is InChI=1S/C21H24FN3O5S2/c1-15-6-9-17(31(27,28)23-16-7-8-16)14-18(15)21(26)24-10-12-25(13-11-24)32(29,30)20-5-3-2-4-19(20)22/h2-6,9,14,16,23H,7-8,10-13H2,1H3. The maximum absolute atomic E-state index is 14.0. The Bertz CT molecular complexity index is 1250. The molecule has 0 aromatic heterocycles. The normalized spacial score (nSPS) is 18.0. The monoisotopic (exact) mass is 481 g/mol. The van der Waals surface area contributed by atoms with E-state index in [0.717, 1.165) is 23.2 Å². The third-order valence-electron chi connectivity index (χ3n) is 5.63. The molecule has 1 saturated heterocycles. The molecular formula is C21H24FN3O5S2. The van der Waals surface area contributed by atoms with Crippen LogP contribution in [0.25, 0.3) is 0 Å². The number of nitrogens with one attached hydrogen (secondary N) is 1. The Labute approximate surface area is 187 Å². The molecule has 2 aromatic rings. The first-order valence-corrected chi connectivity index (χ1v) is 13.2. The van der Waals surface area contributed by atoms with Gasteiger partial charge in [0.2, 0.25) is 20.0 Å². The SMILES string of the molecule is Cc1ccc(S(=O)(=O)NC2CC2)cc1C(=O)N1CCN(S(=O)(=O)c2ccccc2F)CC1. The van der Waals surface area contributed by atoms with Crippen LogP contribution in [0.1, 0.15) is 28.8 Å². The molecule has 11 heteroatoms. The van der Waals surface area contributed by atoms with Gasteiger partial charge in [-0.2, -0.15) is 4.31 Å². The fourth-order valence-electron chi connectivity index (χ4n) is 3.58. The summed E-state index contributed by atoms with van der Waals surface area (Å²) in [6, 6.07) is 9.56. The van der Waals surface area contributed by atoms with Gasteiger partial charge in [0.25, 0.3) is 5.91 Å². The fourth-order valence-corrected chi connectivity index (χ4v) is 6.40. The number of amides is 1. The number of piperazine rings is 1. The van der Waals surface area contributed by atoms with Gasteiger partial charge in [0.15, 0.2) is 0 Å². The molecule has 1 saturated carbocycles. The Kier molecular flexibility index (Phi) is 6.10. The zero-order valence-electron chi connectivity index (χ0n) is 17.5. The molecule has 0 radical (unpaired) electrons. The van der Waals surface area contributed by atoms with Crippen molar-refractivity contribution in [2.24, 2.45) is 0 Å². The molecule has 2 aliphatic rings. The second-order valence-corrected chi connectivity index (χ2v) is 11.6. The van der Waals surface area contributed by atoms with Gasteiger partial charge in [-0.3, -0.25) is 4.79 Å². The first kappa shape index (κ1) is 22.8.